The summed E-state index contributed by atoms with van der Waals surface area (Å²) in [5.74, 6) is 1.37. The van der Waals surface area contributed by atoms with Gasteiger partial charge in [-0.05, 0) is 54.5 Å². The number of methoxy groups -OCH3 is 1. The molecule has 1 N–H and O–H groups in total. The lowest BCUT2D eigenvalue weighted by Gasteiger charge is -2.07. The molecule has 0 spiro atoms. The standard InChI is InChI=1S/C20H22ClNO2/c1-24-15-10-8-14(9-11-15)5-4-12-22-20(23)18-13-17(18)16-6-2-3-7-19(16)21/h2-3,6-11,17-18H,4-5,12-13H2,1H3,(H,22,23). The molecular weight excluding hydrogens is 322 g/mol. The van der Waals surface area contributed by atoms with Crippen LogP contribution in [0.2, 0.25) is 5.02 Å². The number of hydrogen-bond donors (Lipinski definition) is 1. The van der Waals surface area contributed by atoms with E-state index >= 15 is 0 Å². The number of aryl methyl sites for hydroxylation is 1. The molecule has 0 saturated heterocycles. The zero-order valence-corrected chi connectivity index (χ0v) is 14.6. The van der Waals surface area contributed by atoms with Gasteiger partial charge in [-0.25, -0.2) is 0 Å². The Balaban J connectivity index is 1.40. The Kier molecular flexibility index (Phi) is 5.41. The largest absolute Gasteiger partial charge is 0.497 e. The number of halogens is 1. The van der Waals surface area contributed by atoms with Gasteiger partial charge in [-0.15, -0.1) is 0 Å². The molecule has 1 fully saturated rings. The molecule has 0 heterocycles. The van der Waals surface area contributed by atoms with E-state index in [0.29, 0.717) is 6.54 Å². The van der Waals surface area contributed by atoms with E-state index in [0.717, 1.165) is 35.6 Å². The minimum Gasteiger partial charge on any atom is -0.497 e. The lowest BCUT2D eigenvalue weighted by molar-refractivity contribution is -0.122. The molecule has 2 atom stereocenters. The highest BCUT2D eigenvalue weighted by atomic mass is 35.5. The molecule has 0 aromatic heterocycles. The van der Waals surface area contributed by atoms with Crippen molar-refractivity contribution >= 4 is 17.5 Å². The highest BCUT2D eigenvalue weighted by molar-refractivity contribution is 6.31. The number of benzene rings is 2. The van der Waals surface area contributed by atoms with Crippen molar-refractivity contribution in [2.45, 2.75) is 25.2 Å². The second-order valence-corrected chi connectivity index (χ2v) is 6.62. The normalized spacial score (nSPS) is 18.9. The van der Waals surface area contributed by atoms with Gasteiger partial charge in [0.15, 0.2) is 0 Å². The average Bonchev–Trinajstić information content (AvgIpc) is 3.40. The van der Waals surface area contributed by atoms with Crippen molar-refractivity contribution in [2.24, 2.45) is 5.92 Å². The van der Waals surface area contributed by atoms with Gasteiger partial charge in [0, 0.05) is 17.5 Å². The van der Waals surface area contributed by atoms with Gasteiger partial charge in [0.05, 0.1) is 7.11 Å². The minimum absolute atomic E-state index is 0.0749. The Morgan fingerprint density at radius 2 is 1.96 bits per heavy atom. The lowest BCUT2D eigenvalue weighted by atomic mass is 10.1. The second-order valence-electron chi connectivity index (χ2n) is 6.21. The van der Waals surface area contributed by atoms with Crippen LogP contribution < -0.4 is 10.1 Å². The summed E-state index contributed by atoms with van der Waals surface area (Å²) in [6.07, 6.45) is 2.78. The van der Waals surface area contributed by atoms with Gasteiger partial charge in [-0.1, -0.05) is 41.9 Å². The molecule has 4 heteroatoms. The molecule has 0 radical (unpaired) electrons. The molecule has 3 rings (SSSR count). The predicted octanol–water partition coefficient (Wildman–Crippen LogP) is 4.20. The average molecular weight is 344 g/mol. The van der Waals surface area contributed by atoms with Crippen molar-refractivity contribution < 1.29 is 9.53 Å². The molecule has 0 aliphatic heterocycles. The third-order valence-corrected chi connectivity index (χ3v) is 4.88. The molecule has 24 heavy (non-hydrogen) atoms. The van der Waals surface area contributed by atoms with Crippen LogP contribution in [-0.4, -0.2) is 19.6 Å². The Bertz CT molecular complexity index is 699. The molecule has 2 unspecified atom stereocenters. The van der Waals surface area contributed by atoms with Crippen LogP contribution in [0.4, 0.5) is 0 Å². The third kappa shape index (κ3) is 4.09. The van der Waals surface area contributed by atoms with Crippen molar-refractivity contribution in [3.63, 3.8) is 0 Å². The van der Waals surface area contributed by atoms with E-state index < -0.39 is 0 Å². The summed E-state index contributed by atoms with van der Waals surface area (Å²) in [5, 5.41) is 3.81. The number of amides is 1. The smallest absolute Gasteiger partial charge is 0.223 e. The van der Waals surface area contributed by atoms with Crippen molar-refractivity contribution in [3.8, 4) is 5.75 Å². The molecule has 1 aliphatic carbocycles. The Labute approximate surface area is 148 Å². The summed E-state index contributed by atoms with van der Waals surface area (Å²) in [5.41, 5.74) is 2.35. The Hall–Kier alpha value is -2.00. The van der Waals surface area contributed by atoms with Crippen LogP contribution in [-0.2, 0) is 11.2 Å². The van der Waals surface area contributed by atoms with E-state index in [9.17, 15) is 4.79 Å². The van der Waals surface area contributed by atoms with E-state index in [1.807, 2.05) is 36.4 Å². The molecule has 2 aromatic rings. The number of ether oxygens (including phenoxy) is 1. The maximum absolute atomic E-state index is 12.2. The van der Waals surface area contributed by atoms with Gasteiger partial charge >= 0.3 is 0 Å². The summed E-state index contributed by atoms with van der Waals surface area (Å²) in [6, 6.07) is 15.9. The quantitative estimate of drug-likeness (QED) is 0.765. The van der Waals surface area contributed by atoms with Crippen LogP contribution in [0.25, 0.3) is 0 Å². The van der Waals surface area contributed by atoms with Crippen molar-refractivity contribution in [1.82, 2.24) is 5.32 Å². The van der Waals surface area contributed by atoms with Gasteiger partial charge in [-0.2, -0.15) is 0 Å². The van der Waals surface area contributed by atoms with Crippen LogP contribution in [0.3, 0.4) is 0 Å². The molecule has 3 nitrogen and oxygen atoms in total. The van der Waals surface area contributed by atoms with Crippen molar-refractivity contribution in [3.05, 3.63) is 64.7 Å². The van der Waals surface area contributed by atoms with E-state index in [1.54, 1.807) is 7.11 Å². The van der Waals surface area contributed by atoms with E-state index in [1.165, 1.54) is 5.56 Å². The fraction of sp³-hybridized carbons (Fsp3) is 0.350. The van der Waals surface area contributed by atoms with Crippen LogP contribution in [0.1, 0.15) is 29.9 Å². The van der Waals surface area contributed by atoms with Crippen LogP contribution in [0, 0.1) is 5.92 Å². The first-order valence-corrected chi connectivity index (χ1v) is 8.72. The van der Waals surface area contributed by atoms with E-state index in [-0.39, 0.29) is 17.7 Å². The first-order valence-electron chi connectivity index (χ1n) is 8.34. The van der Waals surface area contributed by atoms with Gasteiger partial charge in [0.2, 0.25) is 5.91 Å². The zero-order valence-electron chi connectivity index (χ0n) is 13.8. The van der Waals surface area contributed by atoms with Crippen LogP contribution in [0.15, 0.2) is 48.5 Å². The second kappa shape index (κ2) is 7.71. The molecule has 1 saturated carbocycles. The topological polar surface area (TPSA) is 38.3 Å². The van der Waals surface area contributed by atoms with Gasteiger partial charge in [-0.3, -0.25) is 4.79 Å². The molecule has 1 amide bonds. The number of carbonyl (C=O) groups is 1. The summed E-state index contributed by atoms with van der Waals surface area (Å²) in [7, 11) is 1.66. The van der Waals surface area contributed by atoms with E-state index in [4.69, 9.17) is 16.3 Å². The number of nitrogens with one attached hydrogen (secondary N) is 1. The summed E-state index contributed by atoms with van der Waals surface area (Å²) >= 11 is 6.20. The molecule has 1 aliphatic rings. The van der Waals surface area contributed by atoms with Gasteiger partial charge in [0.1, 0.15) is 5.75 Å². The maximum atomic E-state index is 12.2. The molecular formula is C20H22ClNO2. The monoisotopic (exact) mass is 343 g/mol. The first-order chi connectivity index (χ1) is 11.7. The molecule has 0 bridgehead atoms. The zero-order chi connectivity index (χ0) is 16.9. The van der Waals surface area contributed by atoms with Gasteiger partial charge in [0.25, 0.3) is 0 Å². The number of carbonyl (C=O) groups excluding carboxylic acids is 1. The summed E-state index contributed by atoms with van der Waals surface area (Å²) in [6.45, 7) is 0.705. The van der Waals surface area contributed by atoms with Crippen LogP contribution in [0.5, 0.6) is 5.75 Å². The van der Waals surface area contributed by atoms with Crippen molar-refractivity contribution in [2.75, 3.05) is 13.7 Å². The molecule has 2 aromatic carbocycles. The lowest BCUT2D eigenvalue weighted by Crippen LogP contribution is -2.26. The first kappa shape index (κ1) is 16.8. The number of rotatable bonds is 7. The third-order valence-electron chi connectivity index (χ3n) is 4.53. The Morgan fingerprint density at radius 1 is 1.21 bits per heavy atom. The highest BCUT2D eigenvalue weighted by Crippen LogP contribution is 2.49. The Morgan fingerprint density at radius 3 is 2.67 bits per heavy atom. The predicted molar refractivity (Wildman–Crippen MR) is 96.6 cm³/mol. The SMILES string of the molecule is COc1ccc(CCCNC(=O)C2CC2c2ccccc2Cl)cc1. The number of hydrogen-bond acceptors (Lipinski definition) is 2. The minimum atomic E-state index is 0.0749. The molecule has 126 valence electrons. The van der Waals surface area contributed by atoms with Crippen molar-refractivity contribution in [1.29, 1.82) is 0 Å². The summed E-state index contributed by atoms with van der Waals surface area (Å²) in [4.78, 5) is 12.2. The van der Waals surface area contributed by atoms with E-state index in [2.05, 4.69) is 17.4 Å². The fourth-order valence-corrected chi connectivity index (χ4v) is 3.31. The summed E-state index contributed by atoms with van der Waals surface area (Å²) < 4.78 is 5.15. The fourth-order valence-electron chi connectivity index (χ4n) is 3.03. The van der Waals surface area contributed by atoms with Crippen LogP contribution >= 0.6 is 11.6 Å². The maximum Gasteiger partial charge on any atom is 0.223 e. The van der Waals surface area contributed by atoms with Gasteiger partial charge < -0.3 is 10.1 Å². The highest BCUT2D eigenvalue weighted by Gasteiger charge is 2.44.